The number of rotatable bonds is 4. The molecular formula is C28H28N6O3. The number of ether oxygens (including phenoxy) is 1. The van der Waals surface area contributed by atoms with E-state index in [4.69, 9.17) is 9.73 Å². The fourth-order valence-corrected chi connectivity index (χ4v) is 5.10. The Balaban J connectivity index is 1.47. The van der Waals surface area contributed by atoms with Gasteiger partial charge in [0.2, 0.25) is 0 Å². The van der Waals surface area contributed by atoms with Crippen LogP contribution in [0.4, 0.5) is 11.4 Å². The van der Waals surface area contributed by atoms with Crippen molar-refractivity contribution >= 4 is 39.4 Å². The lowest BCUT2D eigenvalue weighted by Gasteiger charge is -2.30. The fraction of sp³-hybridized carbons (Fsp3) is 0.250. The van der Waals surface area contributed by atoms with Gasteiger partial charge in [-0.3, -0.25) is 24.0 Å². The molecule has 5 aromatic rings. The molecule has 0 unspecified atom stereocenters. The number of nitrogens with one attached hydrogen (secondary N) is 1. The number of aromatic amines is 1. The highest BCUT2D eigenvalue weighted by atomic mass is 16.5. The van der Waals surface area contributed by atoms with Gasteiger partial charge in [-0.1, -0.05) is 36.4 Å². The number of benzene rings is 3. The molecule has 0 amide bonds. The maximum atomic E-state index is 13.5. The van der Waals surface area contributed by atoms with Crippen LogP contribution < -0.4 is 16.1 Å². The predicted molar refractivity (Wildman–Crippen MR) is 147 cm³/mol. The lowest BCUT2D eigenvalue weighted by atomic mass is 10.1. The largest absolute Gasteiger partial charge is 0.378 e. The van der Waals surface area contributed by atoms with Gasteiger partial charge in [0.25, 0.3) is 5.56 Å². The Hall–Kier alpha value is -4.37. The zero-order chi connectivity index (χ0) is 25.7. The summed E-state index contributed by atoms with van der Waals surface area (Å²) >= 11 is 0. The van der Waals surface area contributed by atoms with Gasteiger partial charge >= 0.3 is 5.69 Å². The van der Waals surface area contributed by atoms with Crippen LogP contribution in [0.2, 0.25) is 0 Å². The Labute approximate surface area is 212 Å². The molecule has 1 saturated heterocycles. The average Bonchev–Trinajstić information content (AvgIpc) is 3.33. The van der Waals surface area contributed by atoms with Crippen LogP contribution >= 0.6 is 0 Å². The van der Waals surface area contributed by atoms with Gasteiger partial charge in [-0.25, -0.2) is 9.48 Å². The minimum Gasteiger partial charge on any atom is -0.378 e. The highest BCUT2D eigenvalue weighted by Crippen LogP contribution is 2.34. The number of aliphatic imine (C=N–C) groups is 1. The first kappa shape index (κ1) is 23.1. The van der Waals surface area contributed by atoms with E-state index < -0.39 is 0 Å². The molecule has 0 spiro atoms. The summed E-state index contributed by atoms with van der Waals surface area (Å²) in [6.45, 7) is 4.58. The van der Waals surface area contributed by atoms with Gasteiger partial charge in [0.05, 0.1) is 46.9 Å². The number of anilines is 1. The summed E-state index contributed by atoms with van der Waals surface area (Å²) in [6.07, 6.45) is 1.63. The molecule has 0 atom stereocenters. The van der Waals surface area contributed by atoms with E-state index in [9.17, 15) is 9.59 Å². The first-order valence-electron chi connectivity index (χ1n) is 12.3. The second kappa shape index (κ2) is 8.94. The number of aromatic nitrogens is 4. The molecule has 1 N–H and O–H groups in total. The second-order valence-corrected chi connectivity index (χ2v) is 9.38. The van der Waals surface area contributed by atoms with Crippen molar-refractivity contribution in [3.8, 4) is 5.69 Å². The smallest absolute Gasteiger partial charge is 0.328 e. The van der Waals surface area contributed by atoms with Crippen LogP contribution in [0.25, 0.3) is 27.5 Å². The molecule has 3 heterocycles. The monoisotopic (exact) mass is 496 g/mol. The zero-order valence-electron chi connectivity index (χ0n) is 21.1. The van der Waals surface area contributed by atoms with Crippen LogP contribution in [0.15, 0.2) is 69.2 Å². The van der Waals surface area contributed by atoms with Crippen molar-refractivity contribution in [2.45, 2.75) is 6.92 Å². The van der Waals surface area contributed by atoms with Gasteiger partial charge < -0.3 is 9.64 Å². The molecule has 6 rings (SSSR count). The molecule has 2 aromatic heterocycles. The Morgan fingerprint density at radius 2 is 1.62 bits per heavy atom. The highest BCUT2D eigenvalue weighted by Gasteiger charge is 2.19. The summed E-state index contributed by atoms with van der Waals surface area (Å²) in [4.78, 5) is 33.1. The summed E-state index contributed by atoms with van der Waals surface area (Å²) in [6, 6.07) is 17.8. The quantitative estimate of drug-likeness (QED) is 0.386. The van der Waals surface area contributed by atoms with E-state index >= 15 is 0 Å². The van der Waals surface area contributed by atoms with Crippen LogP contribution in [0.1, 0.15) is 11.3 Å². The SMILES string of the molecule is Cc1[nH]n(-c2cccc3ccccc23)c(=O)c1C=Nc1cc2c(cc1N1CCOCC1)n(C)c(=O)n2C. The molecule has 3 aromatic carbocycles. The van der Waals surface area contributed by atoms with Crippen LogP contribution in [-0.2, 0) is 18.8 Å². The van der Waals surface area contributed by atoms with E-state index in [0.717, 1.165) is 52.0 Å². The van der Waals surface area contributed by atoms with Crippen LogP contribution in [-0.4, -0.2) is 51.4 Å². The standard InChI is InChI=1S/C28H28N6O3/c1-18-21(27(35)34(30-18)23-10-6-8-19-7-4-5-9-20(19)23)17-29-22-15-25-26(32(3)28(36)31(25)2)16-24(22)33-11-13-37-14-12-33/h4-10,15-17,30H,11-14H2,1-3H3. The first-order chi connectivity index (χ1) is 17.9. The summed E-state index contributed by atoms with van der Waals surface area (Å²) in [5, 5.41) is 5.27. The lowest BCUT2D eigenvalue weighted by Crippen LogP contribution is -2.36. The number of H-pyrrole nitrogens is 1. The van der Waals surface area contributed by atoms with Crippen molar-refractivity contribution in [3.63, 3.8) is 0 Å². The van der Waals surface area contributed by atoms with Crippen LogP contribution in [0.5, 0.6) is 0 Å². The van der Waals surface area contributed by atoms with E-state index in [1.54, 1.807) is 34.1 Å². The van der Waals surface area contributed by atoms with Crippen molar-refractivity contribution in [3.05, 3.63) is 86.7 Å². The summed E-state index contributed by atoms with van der Waals surface area (Å²) < 4.78 is 10.4. The Morgan fingerprint density at radius 3 is 2.41 bits per heavy atom. The van der Waals surface area contributed by atoms with Gasteiger partial charge in [-0.15, -0.1) is 0 Å². The maximum absolute atomic E-state index is 13.5. The topological polar surface area (TPSA) is 89.6 Å². The van der Waals surface area contributed by atoms with Gasteiger partial charge in [-0.2, -0.15) is 0 Å². The van der Waals surface area contributed by atoms with Crippen molar-refractivity contribution in [2.75, 3.05) is 31.2 Å². The number of hydrogen-bond acceptors (Lipinski definition) is 5. The summed E-state index contributed by atoms with van der Waals surface area (Å²) in [5.74, 6) is 0. The molecule has 0 aliphatic carbocycles. The first-order valence-corrected chi connectivity index (χ1v) is 12.3. The summed E-state index contributed by atoms with van der Waals surface area (Å²) in [7, 11) is 3.53. The van der Waals surface area contributed by atoms with E-state index in [-0.39, 0.29) is 11.2 Å². The molecule has 1 aliphatic rings. The molecule has 0 radical (unpaired) electrons. The molecule has 0 bridgehead atoms. The molecule has 0 saturated carbocycles. The van der Waals surface area contributed by atoms with E-state index in [1.807, 2.05) is 61.5 Å². The van der Waals surface area contributed by atoms with E-state index in [1.165, 1.54) is 0 Å². The van der Waals surface area contributed by atoms with Crippen LogP contribution in [0, 0.1) is 6.92 Å². The number of aryl methyl sites for hydroxylation is 3. The molecule has 37 heavy (non-hydrogen) atoms. The minimum atomic E-state index is -0.168. The molecule has 1 aliphatic heterocycles. The zero-order valence-corrected chi connectivity index (χ0v) is 21.1. The predicted octanol–water partition coefficient (Wildman–Crippen LogP) is 3.40. The maximum Gasteiger partial charge on any atom is 0.328 e. The molecule has 9 nitrogen and oxygen atoms in total. The highest BCUT2D eigenvalue weighted by molar-refractivity contribution is 5.92. The molecule has 188 valence electrons. The minimum absolute atomic E-state index is 0.0940. The van der Waals surface area contributed by atoms with Gasteiger partial charge in [-0.05, 0) is 30.5 Å². The van der Waals surface area contributed by atoms with Crippen molar-refractivity contribution < 1.29 is 4.74 Å². The van der Waals surface area contributed by atoms with E-state index in [0.29, 0.717) is 24.5 Å². The Morgan fingerprint density at radius 1 is 0.919 bits per heavy atom. The average molecular weight is 497 g/mol. The second-order valence-electron chi connectivity index (χ2n) is 9.38. The molecule has 9 heteroatoms. The Kier molecular flexibility index (Phi) is 5.57. The van der Waals surface area contributed by atoms with Gasteiger partial charge in [0.1, 0.15) is 0 Å². The number of morpholine rings is 1. The Bertz CT molecular complexity index is 1790. The lowest BCUT2D eigenvalue weighted by molar-refractivity contribution is 0.123. The fourth-order valence-electron chi connectivity index (χ4n) is 5.10. The van der Waals surface area contributed by atoms with Gasteiger partial charge in [0, 0.05) is 44.5 Å². The van der Waals surface area contributed by atoms with Crippen molar-refractivity contribution in [1.29, 1.82) is 0 Å². The van der Waals surface area contributed by atoms with Crippen LogP contribution in [0.3, 0.4) is 0 Å². The number of fused-ring (bicyclic) bond motifs is 2. The number of nitrogens with zero attached hydrogens (tertiary/aromatic N) is 5. The third-order valence-electron chi connectivity index (χ3n) is 7.18. The molecular weight excluding hydrogens is 468 g/mol. The summed E-state index contributed by atoms with van der Waals surface area (Å²) in [5.41, 5.74) is 4.98. The third-order valence-corrected chi connectivity index (χ3v) is 7.18. The number of hydrogen-bond donors (Lipinski definition) is 1. The third kappa shape index (κ3) is 3.79. The normalized spacial score (nSPS) is 14.4. The van der Waals surface area contributed by atoms with Crippen molar-refractivity contribution in [2.24, 2.45) is 19.1 Å². The molecule has 1 fully saturated rings. The van der Waals surface area contributed by atoms with Crippen molar-refractivity contribution in [1.82, 2.24) is 18.9 Å². The number of imidazole rings is 1. The van der Waals surface area contributed by atoms with E-state index in [2.05, 4.69) is 10.00 Å². The van der Waals surface area contributed by atoms with Gasteiger partial charge in [0.15, 0.2) is 0 Å².